The second-order valence-corrected chi connectivity index (χ2v) is 6.41. The predicted octanol–water partition coefficient (Wildman–Crippen LogP) is 3.46. The van der Waals surface area contributed by atoms with Crippen molar-refractivity contribution in [3.05, 3.63) is 23.4 Å². The quantitative estimate of drug-likeness (QED) is 0.838. The molecule has 0 aromatic carbocycles. The van der Waals surface area contributed by atoms with Gasteiger partial charge in [-0.3, -0.25) is 4.79 Å². The van der Waals surface area contributed by atoms with Gasteiger partial charge in [-0.25, -0.2) is 4.98 Å². The van der Waals surface area contributed by atoms with Gasteiger partial charge in [0.1, 0.15) is 5.82 Å². The van der Waals surface area contributed by atoms with Crippen molar-refractivity contribution in [3.63, 3.8) is 0 Å². The van der Waals surface area contributed by atoms with Gasteiger partial charge in [-0.15, -0.1) is 0 Å². The average Bonchev–Trinajstić information content (AvgIpc) is 2.50. The van der Waals surface area contributed by atoms with Crippen LogP contribution < -0.4 is 5.32 Å². The van der Waals surface area contributed by atoms with Gasteiger partial charge in [0.05, 0.1) is 0 Å². The van der Waals surface area contributed by atoms with E-state index in [0.29, 0.717) is 11.5 Å². The molecule has 0 aliphatic heterocycles. The van der Waals surface area contributed by atoms with Crippen LogP contribution in [0.2, 0.25) is 0 Å². The number of amides is 1. The summed E-state index contributed by atoms with van der Waals surface area (Å²) in [5.41, 5.74) is 1.65. The third kappa shape index (κ3) is 4.63. The van der Waals surface area contributed by atoms with Crippen LogP contribution in [0.15, 0.2) is 12.1 Å². The van der Waals surface area contributed by atoms with E-state index in [0.717, 1.165) is 23.7 Å². The molecular formula is C16H27N3OS. The van der Waals surface area contributed by atoms with Crippen molar-refractivity contribution in [1.82, 2.24) is 9.88 Å². The smallest absolute Gasteiger partial charge is 0.254 e. The molecule has 5 heteroatoms. The predicted molar refractivity (Wildman–Crippen MR) is 92.4 cm³/mol. The average molecular weight is 309 g/mol. The van der Waals surface area contributed by atoms with Crippen molar-refractivity contribution in [2.45, 2.75) is 39.2 Å². The molecular weight excluding hydrogens is 282 g/mol. The van der Waals surface area contributed by atoms with Crippen LogP contribution in [0, 0.1) is 0 Å². The first-order chi connectivity index (χ1) is 9.94. The largest absolute Gasteiger partial charge is 0.373 e. The third-order valence-electron chi connectivity index (χ3n) is 3.64. The standard InChI is InChI=1S/C16H27N3OS/c1-7-13(10-21-6)19(5)16(20)12-8-14(11(2)3)18-15(9-12)17-4/h8-9,11,13H,7,10H2,1-6H3,(H,17,18). The number of hydrogen-bond donors (Lipinski definition) is 1. The van der Waals surface area contributed by atoms with Crippen LogP contribution in [0.3, 0.4) is 0 Å². The number of hydrogen-bond acceptors (Lipinski definition) is 4. The molecule has 1 unspecified atom stereocenters. The van der Waals surface area contributed by atoms with E-state index in [-0.39, 0.29) is 11.9 Å². The summed E-state index contributed by atoms with van der Waals surface area (Å²) in [6.45, 7) is 6.29. The van der Waals surface area contributed by atoms with Gasteiger partial charge < -0.3 is 10.2 Å². The van der Waals surface area contributed by atoms with E-state index in [4.69, 9.17) is 0 Å². The van der Waals surface area contributed by atoms with E-state index in [9.17, 15) is 4.79 Å². The van der Waals surface area contributed by atoms with Gasteiger partial charge in [-0.05, 0) is 30.7 Å². The normalized spacial score (nSPS) is 12.3. The fraction of sp³-hybridized carbons (Fsp3) is 0.625. The first kappa shape index (κ1) is 17.8. The van der Waals surface area contributed by atoms with Crippen molar-refractivity contribution in [2.75, 3.05) is 31.4 Å². The highest BCUT2D eigenvalue weighted by atomic mass is 32.2. The van der Waals surface area contributed by atoms with Gasteiger partial charge >= 0.3 is 0 Å². The first-order valence-corrected chi connectivity index (χ1v) is 8.79. The van der Waals surface area contributed by atoms with Crippen LogP contribution in [0.5, 0.6) is 0 Å². The lowest BCUT2D eigenvalue weighted by Crippen LogP contribution is -2.38. The highest BCUT2D eigenvalue weighted by Gasteiger charge is 2.21. The number of anilines is 1. The minimum atomic E-state index is 0.0664. The zero-order valence-corrected chi connectivity index (χ0v) is 14.8. The lowest BCUT2D eigenvalue weighted by atomic mass is 10.1. The molecule has 1 amide bonds. The Bertz CT molecular complexity index is 477. The van der Waals surface area contributed by atoms with Crippen molar-refractivity contribution in [3.8, 4) is 0 Å². The minimum Gasteiger partial charge on any atom is -0.373 e. The summed E-state index contributed by atoms with van der Waals surface area (Å²) < 4.78 is 0. The zero-order valence-electron chi connectivity index (χ0n) is 13.9. The molecule has 1 atom stereocenters. The number of carbonyl (C=O) groups excluding carboxylic acids is 1. The molecule has 1 heterocycles. The topological polar surface area (TPSA) is 45.2 Å². The molecule has 0 spiro atoms. The van der Waals surface area contributed by atoms with E-state index in [1.54, 1.807) is 11.8 Å². The summed E-state index contributed by atoms with van der Waals surface area (Å²) in [5, 5.41) is 3.04. The van der Waals surface area contributed by atoms with Gasteiger partial charge in [-0.2, -0.15) is 11.8 Å². The number of pyridine rings is 1. The zero-order chi connectivity index (χ0) is 16.0. The Morgan fingerprint density at radius 2 is 2.10 bits per heavy atom. The Hall–Kier alpha value is -1.23. The van der Waals surface area contributed by atoms with Crippen molar-refractivity contribution in [2.24, 2.45) is 0 Å². The van der Waals surface area contributed by atoms with Gasteiger partial charge in [-0.1, -0.05) is 20.8 Å². The van der Waals surface area contributed by atoms with Crippen LogP contribution in [0.1, 0.15) is 49.2 Å². The lowest BCUT2D eigenvalue weighted by Gasteiger charge is -2.27. The molecule has 1 aromatic heterocycles. The fourth-order valence-corrected chi connectivity index (χ4v) is 3.01. The molecule has 0 saturated heterocycles. The number of rotatable bonds is 7. The molecule has 1 rings (SSSR count). The van der Waals surface area contributed by atoms with Crippen LogP contribution in [-0.2, 0) is 0 Å². The lowest BCUT2D eigenvalue weighted by molar-refractivity contribution is 0.0743. The molecule has 0 aliphatic carbocycles. The molecule has 0 fully saturated rings. The van der Waals surface area contributed by atoms with Gasteiger partial charge in [0.15, 0.2) is 0 Å². The minimum absolute atomic E-state index is 0.0664. The van der Waals surface area contributed by atoms with Gasteiger partial charge in [0.2, 0.25) is 0 Å². The van der Waals surface area contributed by atoms with Crippen LogP contribution in [-0.4, -0.2) is 47.9 Å². The summed E-state index contributed by atoms with van der Waals surface area (Å²) in [4.78, 5) is 19.1. The van der Waals surface area contributed by atoms with Crippen LogP contribution >= 0.6 is 11.8 Å². The van der Waals surface area contributed by atoms with Gasteiger partial charge in [0, 0.05) is 37.1 Å². The molecule has 118 valence electrons. The maximum Gasteiger partial charge on any atom is 0.254 e. The van der Waals surface area contributed by atoms with E-state index in [2.05, 4.69) is 37.3 Å². The van der Waals surface area contributed by atoms with Crippen molar-refractivity contribution in [1.29, 1.82) is 0 Å². The number of nitrogens with zero attached hydrogens (tertiary/aromatic N) is 2. The maximum atomic E-state index is 12.7. The monoisotopic (exact) mass is 309 g/mol. The molecule has 1 N–H and O–H groups in total. The van der Waals surface area contributed by atoms with Gasteiger partial charge in [0.25, 0.3) is 5.91 Å². The molecule has 0 aliphatic rings. The highest BCUT2D eigenvalue weighted by molar-refractivity contribution is 7.98. The Morgan fingerprint density at radius 3 is 2.57 bits per heavy atom. The number of thioether (sulfide) groups is 1. The Kier molecular flexibility index (Phi) is 7.02. The molecule has 4 nitrogen and oxygen atoms in total. The second-order valence-electron chi connectivity index (χ2n) is 5.50. The molecule has 21 heavy (non-hydrogen) atoms. The molecule has 0 saturated carbocycles. The van der Waals surface area contributed by atoms with Crippen molar-refractivity contribution >= 4 is 23.5 Å². The molecule has 0 radical (unpaired) electrons. The van der Waals surface area contributed by atoms with Crippen LogP contribution in [0.4, 0.5) is 5.82 Å². The summed E-state index contributed by atoms with van der Waals surface area (Å²) >= 11 is 1.77. The second kappa shape index (κ2) is 8.27. The Morgan fingerprint density at radius 1 is 1.43 bits per heavy atom. The molecule has 0 bridgehead atoms. The Balaban J connectivity index is 3.07. The Labute approximate surface area is 132 Å². The third-order valence-corrected chi connectivity index (χ3v) is 4.36. The van der Waals surface area contributed by atoms with Crippen LogP contribution in [0.25, 0.3) is 0 Å². The first-order valence-electron chi connectivity index (χ1n) is 7.40. The maximum absolute atomic E-state index is 12.7. The van der Waals surface area contributed by atoms with E-state index in [1.807, 2.05) is 31.1 Å². The van der Waals surface area contributed by atoms with Crippen molar-refractivity contribution < 1.29 is 4.79 Å². The highest BCUT2D eigenvalue weighted by Crippen LogP contribution is 2.20. The fourth-order valence-electron chi connectivity index (χ4n) is 2.16. The SMILES string of the molecule is CCC(CSC)N(C)C(=O)c1cc(NC)nc(C(C)C)c1. The summed E-state index contributed by atoms with van der Waals surface area (Å²) in [7, 11) is 3.72. The number of nitrogens with one attached hydrogen (secondary N) is 1. The number of carbonyl (C=O) groups is 1. The summed E-state index contributed by atoms with van der Waals surface area (Å²) in [5.74, 6) is 2.07. The van der Waals surface area contributed by atoms with E-state index < -0.39 is 0 Å². The summed E-state index contributed by atoms with van der Waals surface area (Å²) in [6, 6.07) is 4.01. The summed E-state index contributed by atoms with van der Waals surface area (Å²) in [6.07, 6.45) is 3.04. The van der Waals surface area contributed by atoms with E-state index in [1.165, 1.54) is 0 Å². The number of aromatic nitrogens is 1. The molecule has 1 aromatic rings. The van der Waals surface area contributed by atoms with E-state index >= 15 is 0 Å².